The van der Waals surface area contributed by atoms with E-state index in [0.717, 1.165) is 0 Å². The van der Waals surface area contributed by atoms with Crippen LogP contribution in [0.15, 0.2) is 6.07 Å². The lowest BCUT2D eigenvalue weighted by atomic mass is 10.3. The minimum Gasteiger partial charge on any atom is -0.384 e. The van der Waals surface area contributed by atoms with Crippen molar-refractivity contribution in [2.45, 2.75) is 6.92 Å². The Hall–Kier alpha value is -0.970. The van der Waals surface area contributed by atoms with Crippen molar-refractivity contribution in [1.29, 1.82) is 0 Å². The van der Waals surface area contributed by atoms with Gasteiger partial charge in [0.2, 0.25) is 0 Å². The van der Waals surface area contributed by atoms with Crippen LogP contribution in [0.1, 0.15) is 16.3 Å². The topological polar surface area (TPSA) is 68.9 Å². The van der Waals surface area contributed by atoms with Crippen LogP contribution in [-0.2, 0) is 0 Å². The van der Waals surface area contributed by atoms with Gasteiger partial charge in [-0.25, -0.2) is 9.97 Å². The first-order valence-electron chi connectivity index (χ1n) is 3.34. The number of carbonyl (C=O) groups excluding carboxylic acids is 1. The van der Waals surface area contributed by atoms with Crippen LogP contribution in [-0.4, -0.2) is 21.1 Å². The molecule has 0 unspecified atom stereocenters. The Bertz CT molecular complexity index is 293. The second kappa shape index (κ2) is 3.62. The number of anilines is 1. The van der Waals surface area contributed by atoms with Gasteiger partial charge in [0.15, 0.2) is 5.78 Å². The zero-order valence-electron chi connectivity index (χ0n) is 6.54. The maximum Gasteiger partial charge on any atom is 0.191 e. The van der Waals surface area contributed by atoms with Crippen LogP contribution in [0.5, 0.6) is 0 Å². The van der Waals surface area contributed by atoms with Crippen LogP contribution in [0.4, 0.5) is 5.82 Å². The molecule has 0 aromatic carbocycles. The molecule has 0 atom stereocenters. The Morgan fingerprint density at radius 2 is 2.33 bits per heavy atom. The van der Waals surface area contributed by atoms with Crippen molar-refractivity contribution >= 4 is 27.5 Å². The van der Waals surface area contributed by atoms with Gasteiger partial charge >= 0.3 is 0 Å². The van der Waals surface area contributed by atoms with E-state index in [-0.39, 0.29) is 11.1 Å². The van der Waals surface area contributed by atoms with Crippen molar-refractivity contribution in [3.8, 4) is 0 Å². The maximum absolute atomic E-state index is 11.1. The van der Waals surface area contributed by atoms with Crippen molar-refractivity contribution in [2.24, 2.45) is 0 Å². The molecule has 0 amide bonds. The molecule has 64 valence electrons. The molecular formula is C7H8BrN3O. The normalized spacial score (nSPS) is 9.83. The highest BCUT2D eigenvalue weighted by Gasteiger charge is 2.06. The predicted octanol–water partition coefficient (Wildman–Crippen LogP) is 0.945. The Labute approximate surface area is 78.3 Å². The second-order valence-electron chi connectivity index (χ2n) is 2.28. The lowest BCUT2D eigenvalue weighted by molar-refractivity contribution is 0.101. The van der Waals surface area contributed by atoms with Crippen molar-refractivity contribution in [1.82, 2.24) is 9.97 Å². The van der Waals surface area contributed by atoms with Gasteiger partial charge in [-0.1, -0.05) is 15.9 Å². The van der Waals surface area contributed by atoms with Crippen molar-refractivity contribution in [3.63, 3.8) is 0 Å². The van der Waals surface area contributed by atoms with Crippen molar-refractivity contribution in [2.75, 3.05) is 11.1 Å². The fraction of sp³-hybridized carbons (Fsp3) is 0.286. The quantitative estimate of drug-likeness (QED) is 0.606. The summed E-state index contributed by atoms with van der Waals surface area (Å²) in [7, 11) is 0. The molecule has 4 nitrogen and oxygen atoms in total. The third-order valence-electron chi connectivity index (χ3n) is 1.26. The highest BCUT2D eigenvalue weighted by molar-refractivity contribution is 9.09. The molecule has 0 spiro atoms. The molecule has 0 saturated carbocycles. The largest absolute Gasteiger partial charge is 0.384 e. The van der Waals surface area contributed by atoms with E-state index in [1.165, 1.54) is 6.07 Å². The molecule has 1 rings (SSSR count). The number of rotatable bonds is 2. The molecule has 5 heteroatoms. The number of halogens is 1. The number of nitrogens with two attached hydrogens (primary N) is 1. The summed E-state index contributed by atoms with van der Waals surface area (Å²) < 4.78 is 0. The summed E-state index contributed by atoms with van der Waals surface area (Å²) in [4.78, 5) is 18.9. The first-order valence-corrected chi connectivity index (χ1v) is 4.46. The first kappa shape index (κ1) is 9.12. The molecule has 1 aromatic heterocycles. The summed E-state index contributed by atoms with van der Waals surface area (Å²) in [5, 5.41) is 0.253. The average Bonchev–Trinajstić information content (AvgIpc) is 2.01. The summed E-state index contributed by atoms with van der Waals surface area (Å²) >= 11 is 3.05. The lowest BCUT2D eigenvalue weighted by Gasteiger charge is -1.99. The van der Waals surface area contributed by atoms with E-state index in [1.807, 2.05) is 0 Å². The second-order valence-corrected chi connectivity index (χ2v) is 2.84. The molecule has 0 aliphatic carbocycles. The van der Waals surface area contributed by atoms with Gasteiger partial charge in [0.25, 0.3) is 0 Å². The molecule has 1 aromatic rings. The third-order valence-corrected chi connectivity index (χ3v) is 1.77. The van der Waals surface area contributed by atoms with Gasteiger partial charge in [0, 0.05) is 6.07 Å². The van der Waals surface area contributed by atoms with E-state index in [9.17, 15) is 4.79 Å². The summed E-state index contributed by atoms with van der Waals surface area (Å²) in [6.45, 7) is 1.70. The van der Waals surface area contributed by atoms with Gasteiger partial charge < -0.3 is 5.73 Å². The molecule has 0 fully saturated rings. The first-order chi connectivity index (χ1) is 5.63. The van der Waals surface area contributed by atoms with Gasteiger partial charge in [0.05, 0.1) is 5.33 Å². The van der Waals surface area contributed by atoms with Gasteiger partial charge in [-0.2, -0.15) is 0 Å². The molecule has 12 heavy (non-hydrogen) atoms. The number of ketones is 1. The number of nitrogens with zero attached hydrogens (tertiary/aromatic N) is 2. The van der Waals surface area contributed by atoms with Crippen LogP contribution >= 0.6 is 15.9 Å². The number of Topliss-reactive ketones (excluding diaryl/α,β-unsaturated/α-hetero) is 1. The Balaban J connectivity index is 3.08. The van der Waals surface area contributed by atoms with Gasteiger partial charge in [-0.15, -0.1) is 0 Å². The Morgan fingerprint density at radius 3 is 2.83 bits per heavy atom. The van der Waals surface area contributed by atoms with Crippen LogP contribution in [0, 0.1) is 6.92 Å². The summed E-state index contributed by atoms with van der Waals surface area (Å²) in [6, 6.07) is 1.47. The SMILES string of the molecule is Cc1nc(N)cc(C(=O)CBr)n1. The van der Waals surface area contributed by atoms with Gasteiger partial charge in [0.1, 0.15) is 17.3 Å². The number of hydrogen-bond donors (Lipinski definition) is 1. The van der Waals surface area contributed by atoms with Crippen LogP contribution < -0.4 is 5.73 Å². The Kier molecular flexibility index (Phi) is 2.75. The number of aromatic nitrogens is 2. The molecule has 0 aliphatic heterocycles. The van der Waals surface area contributed by atoms with Crippen LogP contribution in [0.25, 0.3) is 0 Å². The maximum atomic E-state index is 11.1. The van der Waals surface area contributed by atoms with E-state index < -0.39 is 0 Å². The van der Waals surface area contributed by atoms with Gasteiger partial charge in [-0.05, 0) is 6.92 Å². The molecule has 2 N–H and O–H groups in total. The smallest absolute Gasteiger partial charge is 0.191 e. The summed E-state index contributed by atoms with van der Waals surface area (Å²) in [6.07, 6.45) is 0. The average molecular weight is 230 g/mol. The van der Waals surface area contributed by atoms with E-state index in [2.05, 4.69) is 25.9 Å². The van der Waals surface area contributed by atoms with E-state index in [4.69, 9.17) is 5.73 Å². The predicted molar refractivity (Wildman–Crippen MR) is 49.3 cm³/mol. The molecular weight excluding hydrogens is 222 g/mol. The van der Waals surface area contributed by atoms with Crippen LogP contribution in [0.3, 0.4) is 0 Å². The van der Waals surface area contributed by atoms with E-state index in [0.29, 0.717) is 17.3 Å². The minimum absolute atomic E-state index is 0.0906. The monoisotopic (exact) mass is 229 g/mol. The number of nitrogen functional groups attached to an aromatic ring is 1. The van der Waals surface area contributed by atoms with Crippen molar-refractivity contribution < 1.29 is 4.79 Å². The molecule has 0 aliphatic rings. The minimum atomic E-state index is -0.0906. The zero-order valence-corrected chi connectivity index (χ0v) is 8.13. The number of hydrogen-bond acceptors (Lipinski definition) is 4. The standard InChI is InChI=1S/C7H8BrN3O/c1-4-10-5(6(12)3-8)2-7(9)11-4/h2H,3H2,1H3,(H2,9,10,11). The Morgan fingerprint density at radius 1 is 1.67 bits per heavy atom. The zero-order chi connectivity index (χ0) is 9.14. The summed E-state index contributed by atoms with van der Waals surface area (Å²) in [5.74, 6) is 0.748. The molecule has 0 bridgehead atoms. The number of aryl methyl sites for hydroxylation is 1. The molecule has 0 radical (unpaired) electrons. The van der Waals surface area contributed by atoms with Gasteiger partial charge in [-0.3, -0.25) is 4.79 Å². The number of alkyl halides is 1. The van der Waals surface area contributed by atoms with Crippen LogP contribution in [0.2, 0.25) is 0 Å². The van der Waals surface area contributed by atoms with Crippen molar-refractivity contribution in [3.05, 3.63) is 17.6 Å². The third kappa shape index (κ3) is 2.01. The molecule has 0 saturated heterocycles. The fourth-order valence-electron chi connectivity index (χ4n) is 0.802. The highest BCUT2D eigenvalue weighted by atomic mass is 79.9. The molecule has 1 heterocycles. The van der Waals surface area contributed by atoms with E-state index in [1.54, 1.807) is 6.92 Å². The lowest BCUT2D eigenvalue weighted by Crippen LogP contribution is -2.07. The highest BCUT2D eigenvalue weighted by Crippen LogP contribution is 2.04. The fourth-order valence-corrected chi connectivity index (χ4v) is 1.09. The number of carbonyl (C=O) groups is 1. The van der Waals surface area contributed by atoms with E-state index >= 15 is 0 Å². The summed E-state index contributed by atoms with van der Waals surface area (Å²) in [5.41, 5.74) is 5.79.